The number of likely N-dealkylation sites (tertiary alicyclic amines) is 1. The van der Waals surface area contributed by atoms with Crippen LogP contribution in [0.15, 0.2) is 0 Å². The number of carbonyl (C=O) groups is 1. The smallest absolute Gasteiger partial charge is 0.221 e. The predicted molar refractivity (Wildman–Crippen MR) is 64.2 cm³/mol. The fourth-order valence-electron chi connectivity index (χ4n) is 2.00. The largest absolute Gasteiger partial charge is 0.396 e. The van der Waals surface area contributed by atoms with Crippen LogP contribution in [-0.2, 0) is 4.79 Å². The molecule has 1 saturated heterocycles. The molecule has 0 aliphatic carbocycles. The Morgan fingerprint density at radius 1 is 1.19 bits per heavy atom. The van der Waals surface area contributed by atoms with Gasteiger partial charge in [0.15, 0.2) is 0 Å². The lowest BCUT2D eigenvalue weighted by atomic mass is 10.2. The number of hydrogen-bond acceptors (Lipinski definition) is 3. The topological polar surface area (TPSA) is 52.6 Å². The highest BCUT2D eigenvalue weighted by Crippen LogP contribution is 2.07. The maximum atomic E-state index is 11.4. The van der Waals surface area contributed by atoms with Crippen molar-refractivity contribution in [1.82, 2.24) is 10.2 Å². The van der Waals surface area contributed by atoms with Crippen molar-refractivity contribution < 1.29 is 9.90 Å². The second-order valence-corrected chi connectivity index (χ2v) is 4.43. The van der Waals surface area contributed by atoms with E-state index < -0.39 is 0 Å². The molecule has 0 atom stereocenters. The first-order valence-corrected chi connectivity index (χ1v) is 6.43. The van der Waals surface area contributed by atoms with Gasteiger partial charge in [-0.25, -0.2) is 0 Å². The average molecular weight is 228 g/mol. The zero-order chi connectivity index (χ0) is 11.6. The third kappa shape index (κ3) is 6.08. The Morgan fingerprint density at radius 2 is 1.94 bits per heavy atom. The molecule has 16 heavy (non-hydrogen) atoms. The molecule has 0 saturated carbocycles. The molecule has 1 heterocycles. The van der Waals surface area contributed by atoms with Crippen LogP contribution in [0.5, 0.6) is 0 Å². The third-order valence-electron chi connectivity index (χ3n) is 3.01. The van der Waals surface area contributed by atoms with Gasteiger partial charge in [0, 0.05) is 26.1 Å². The highest BCUT2D eigenvalue weighted by atomic mass is 16.2. The number of amides is 1. The van der Waals surface area contributed by atoms with Crippen LogP contribution >= 0.6 is 0 Å². The van der Waals surface area contributed by atoms with Gasteiger partial charge in [-0.05, 0) is 45.2 Å². The molecular formula is C12H24N2O2. The number of aliphatic hydroxyl groups excluding tert-OH is 1. The molecule has 0 radical (unpaired) electrons. The zero-order valence-electron chi connectivity index (χ0n) is 10.1. The summed E-state index contributed by atoms with van der Waals surface area (Å²) in [5.41, 5.74) is 0. The molecule has 94 valence electrons. The molecule has 1 aliphatic rings. The summed E-state index contributed by atoms with van der Waals surface area (Å²) in [6.07, 6.45) is 5.98. The van der Waals surface area contributed by atoms with Gasteiger partial charge in [0.2, 0.25) is 5.91 Å². The first-order chi connectivity index (χ1) is 7.83. The summed E-state index contributed by atoms with van der Waals surface area (Å²) in [4.78, 5) is 13.8. The van der Waals surface area contributed by atoms with Crippen LogP contribution in [0.2, 0.25) is 0 Å². The maximum absolute atomic E-state index is 11.4. The monoisotopic (exact) mass is 228 g/mol. The minimum atomic E-state index is 0.163. The maximum Gasteiger partial charge on any atom is 0.221 e. The van der Waals surface area contributed by atoms with Gasteiger partial charge in [0.05, 0.1) is 0 Å². The molecule has 0 spiro atoms. The van der Waals surface area contributed by atoms with E-state index in [4.69, 9.17) is 5.11 Å². The summed E-state index contributed by atoms with van der Waals surface area (Å²) in [7, 11) is 0. The number of carbonyl (C=O) groups excluding carboxylic acids is 1. The van der Waals surface area contributed by atoms with Crippen LogP contribution in [0.4, 0.5) is 0 Å². The molecule has 4 heteroatoms. The Morgan fingerprint density at radius 3 is 2.62 bits per heavy atom. The Balaban J connectivity index is 1.90. The molecule has 0 unspecified atom stereocenters. The summed E-state index contributed by atoms with van der Waals surface area (Å²) >= 11 is 0. The van der Waals surface area contributed by atoms with Gasteiger partial charge in [0.1, 0.15) is 0 Å². The first kappa shape index (κ1) is 13.5. The van der Waals surface area contributed by atoms with Gasteiger partial charge < -0.3 is 15.3 Å². The van der Waals surface area contributed by atoms with E-state index in [9.17, 15) is 4.79 Å². The molecule has 0 aromatic heterocycles. The van der Waals surface area contributed by atoms with Gasteiger partial charge in [-0.1, -0.05) is 0 Å². The van der Waals surface area contributed by atoms with Crippen LogP contribution in [0.3, 0.4) is 0 Å². The number of aliphatic hydroxyl groups is 1. The van der Waals surface area contributed by atoms with Crippen molar-refractivity contribution in [3.63, 3.8) is 0 Å². The van der Waals surface area contributed by atoms with E-state index in [0.717, 1.165) is 45.4 Å². The fraction of sp³-hybridized carbons (Fsp3) is 0.917. The van der Waals surface area contributed by atoms with Crippen molar-refractivity contribution >= 4 is 5.91 Å². The second-order valence-electron chi connectivity index (χ2n) is 4.43. The minimum Gasteiger partial charge on any atom is -0.396 e. The van der Waals surface area contributed by atoms with E-state index >= 15 is 0 Å². The summed E-state index contributed by atoms with van der Waals surface area (Å²) in [5, 5.41) is 11.5. The lowest BCUT2D eigenvalue weighted by Crippen LogP contribution is -2.29. The van der Waals surface area contributed by atoms with E-state index in [2.05, 4.69) is 10.2 Å². The number of nitrogens with zero attached hydrogens (tertiary/aromatic N) is 1. The van der Waals surface area contributed by atoms with Crippen molar-refractivity contribution in [2.75, 3.05) is 32.8 Å². The SMILES string of the molecule is O=C(CCN1CCCC1)NCCCCCO. The number of rotatable bonds is 8. The van der Waals surface area contributed by atoms with E-state index in [1.54, 1.807) is 0 Å². The predicted octanol–water partition coefficient (Wildman–Crippen LogP) is 0.751. The van der Waals surface area contributed by atoms with Crippen molar-refractivity contribution in [1.29, 1.82) is 0 Å². The molecular weight excluding hydrogens is 204 g/mol. The second kappa shape index (κ2) is 8.53. The van der Waals surface area contributed by atoms with Gasteiger partial charge >= 0.3 is 0 Å². The molecule has 2 N–H and O–H groups in total. The van der Waals surface area contributed by atoms with Gasteiger partial charge in [-0.3, -0.25) is 4.79 Å². The molecule has 0 bridgehead atoms. The van der Waals surface area contributed by atoms with Crippen LogP contribution in [0, 0.1) is 0 Å². The number of unbranched alkanes of at least 4 members (excludes halogenated alkanes) is 2. The van der Waals surface area contributed by atoms with Crippen molar-refractivity contribution in [2.45, 2.75) is 38.5 Å². The summed E-state index contributed by atoms with van der Waals surface area (Å²) in [5.74, 6) is 0.163. The van der Waals surface area contributed by atoms with Gasteiger partial charge in [-0.15, -0.1) is 0 Å². The Bertz CT molecular complexity index is 191. The van der Waals surface area contributed by atoms with E-state index in [-0.39, 0.29) is 12.5 Å². The molecule has 0 aromatic rings. The Kier molecular flexibility index (Phi) is 7.17. The molecule has 1 aliphatic heterocycles. The molecule has 1 amide bonds. The number of hydrogen-bond donors (Lipinski definition) is 2. The molecule has 4 nitrogen and oxygen atoms in total. The fourth-order valence-corrected chi connectivity index (χ4v) is 2.00. The van der Waals surface area contributed by atoms with Crippen LogP contribution < -0.4 is 5.32 Å². The van der Waals surface area contributed by atoms with Crippen molar-refractivity contribution in [2.24, 2.45) is 0 Å². The average Bonchev–Trinajstić information content (AvgIpc) is 2.79. The minimum absolute atomic E-state index is 0.163. The van der Waals surface area contributed by atoms with Crippen LogP contribution in [0.1, 0.15) is 38.5 Å². The van der Waals surface area contributed by atoms with Crippen LogP contribution in [0.25, 0.3) is 0 Å². The van der Waals surface area contributed by atoms with Crippen molar-refractivity contribution in [3.8, 4) is 0 Å². The zero-order valence-corrected chi connectivity index (χ0v) is 10.1. The standard InChI is InChI=1S/C12H24N2O2/c15-11-5-1-2-7-13-12(16)6-10-14-8-3-4-9-14/h15H,1-11H2,(H,13,16). The van der Waals surface area contributed by atoms with E-state index in [1.165, 1.54) is 12.8 Å². The Labute approximate surface area is 98.0 Å². The third-order valence-corrected chi connectivity index (χ3v) is 3.01. The van der Waals surface area contributed by atoms with Crippen LogP contribution in [-0.4, -0.2) is 48.7 Å². The van der Waals surface area contributed by atoms with E-state index in [0.29, 0.717) is 6.42 Å². The highest BCUT2D eigenvalue weighted by molar-refractivity contribution is 5.75. The molecule has 1 fully saturated rings. The van der Waals surface area contributed by atoms with E-state index in [1.807, 2.05) is 0 Å². The van der Waals surface area contributed by atoms with Crippen molar-refractivity contribution in [3.05, 3.63) is 0 Å². The number of nitrogens with one attached hydrogen (secondary N) is 1. The van der Waals surface area contributed by atoms with Gasteiger partial charge in [0.25, 0.3) is 0 Å². The quantitative estimate of drug-likeness (QED) is 0.603. The normalized spacial score (nSPS) is 16.6. The summed E-state index contributed by atoms with van der Waals surface area (Å²) < 4.78 is 0. The lowest BCUT2D eigenvalue weighted by Gasteiger charge is -2.13. The Hall–Kier alpha value is -0.610. The molecule has 0 aromatic carbocycles. The lowest BCUT2D eigenvalue weighted by molar-refractivity contribution is -0.121. The first-order valence-electron chi connectivity index (χ1n) is 6.43. The van der Waals surface area contributed by atoms with Gasteiger partial charge in [-0.2, -0.15) is 0 Å². The summed E-state index contributed by atoms with van der Waals surface area (Å²) in [6.45, 7) is 4.22. The summed E-state index contributed by atoms with van der Waals surface area (Å²) in [6, 6.07) is 0. The highest BCUT2D eigenvalue weighted by Gasteiger charge is 2.12. The molecule has 1 rings (SSSR count).